The monoisotopic (exact) mass is 336 g/mol. The van der Waals surface area contributed by atoms with Crippen LogP contribution in [0.3, 0.4) is 0 Å². The number of nitrogens with one attached hydrogen (secondary N) is 1. The summed E-state index contributed by atoms with van der Waals surface area (Å²) in [5.41, 5.74) is 1.92. The van der Waals surface area contributed by atoms with Crippen molar-refractivity contribution in [2.45, 2.75) is 36.7 Å². The number of aryl methyl sites for hydroxylation is 1. The second-order valence-corrected chi connectivity index (χ2v) is 7.26. The highest BCUT2D eigenvalue weighted by atomic mass is 32.2. The van der Waals surface area contributed by atoms with Gasteiger partial charge >= 0.3 is 0 Å². The summed E-state index contributed by atoms with van der Waals surface area (Å²) in [7, 11) is -1.95. The minimum atomic E-state index is -3.60. The zero-order valence-corrected chi connectivity index (χ0v) is 13.8. The van der Waals surface area contributed by atoms with Gasteiger partial charge in [-0.1, -0.05) is 0 Å². The number of nitrogens with zero attached hydrogens (tertiary/aromatic N) is 3. The predicted molar refractivity (Wildman–Crippen MR) is 84.3 cm³/mol. The van der Waals surface area contributed by atoms with Crippen LogP contribution in [-0.2, 0) is 27.7 Å². The van der Waals surface area contributed by atoms with E-state index in [9.17, 15) is 8.42 Å². The van der Waals surface area contributed by atoms with Crippen molar-refractivity contribution in [1.82, 2.24) is 19.5 Å². The molecule has 1 aliphatic carbocycles. The van der Waals surface area contributed by atoms with Crippen LogP contribution in [0.2, 0.25) is 0 Å². The third-order valence-corrected chi connectivity index (χ3v) is 5.36. The van der Waals surface area contributed by atoms with Crippen molar-refractivity contribution in [2.75, 3.05) is 13.7 Å². The Balaban J connectivity index is 1.82. The molecule has 0 unspecified atom stereocenters. The zero-order valence-electron chi connectivity index (χ0n) is 13.0. The summed E-state index contributed by atoms with van der Waals surface area (Å²) in [6.45, 7) is 1.23. The summed E-state index contributed by atoms with van der Waals surface area (Å²) >= 11 is 0. The lowest BCUT2D eigenvalue weighted by atomic mass is 9.94. The van der Waals surface area contributed by atoms with Crippen molar-refractivity contribution in [1.29, 1.82) is 0 Å². The Bertz CT molecular complexity index is 758. The number of aromatic nitrogens is 3. The molecule has 0 radical (unpaired) electrons. The van der Waals surface area contributed by atoms with Gasteiger partial charge < -0.3 is 4.74 Å². The number of hydrogen-bond donors (Lipinski definition) is 1. The van der Waals surface area contributed by atoms with E-state index < -0.39 is 10.0 Å². The van der Waals surface area contributed by atoms with Crippen LogP contribution in [0, 0.1) is 0 Å². The van der Waals surface area contributed by atoms with Crippen molar-refractivity contribution in [3.63, 3.8) is 0 Å². The van der Waals surface area contributed by atoms with Crippen LogP contribution < -0.4 is 4.72 Å². The number of fused-ring (bicyclic) bond motifs is 1. The summed E-state index contributed by atoms with van der Waals surface area (Å²) in [4.78, 5) is 4.05. The molecule has 3 rings (SSSR count). The number of sulfonamides is 1. The molecule has 0 spiro atoms. The Morgan fingerprint density at radius 2 is 2.35 bits per heavy atom. The van der Waals surface area contributed by atoms with Crippen LogP contribution >= 0.6 is 0 Å². The Morgan fingerprint density at radius 3 is 3.09 bits per heavy atom. The van der Waals surface area contributed by atoms with Gasteiger partial charge in [0.15, 0.2) is 0 Å². The summed E-state index contributed by atoms with van der Waals surface area (Å²) in [6, 6.07) is 2.85. The van der Waals surface area contributed by atoms with Gasteiger partial charge in [0.25, 0.3) is 0 Å². The molecule has 2 aromatic heterocycles. The van der Waals surface area contributed by atoms with E-state index in [2.05, 4.69) is 14.8 Å². The van der Waals surface area contributed by atoms with Gasteiger partial charge in [-0.2, -0.15) is 5.10 Å². The second-order valence-electron chi connectivity index (χ2n) is 5.55. The maximum atomic E-state index is 12.5. The Labute approximate surface area is 135 Å². The summed E-state index contributed by atoms with van der Waals surface area (Å²) in [5.74, 6) is 0. The quantitative estimate of drug-likeness (QED) is 0.859. The second kappa shape index (κ2) is 6.77. The Morgan fingerprint density at radius 1 is 1.48 bits per heavy atom. The van der Waals surface area contributed by atoms with Crippen LogP contribution in [0.5, 0.6) is 0 Å². The molecule has 0 aromatic carbocycles. The van der Waals surface area contributed by atoms with Gasteiger partial charge in [-0.15, -0.1) is 0 Å². The standard InChI is InChI=1S/C15H20N4O3S/c1-22-9-8-19-11-12-4-2-6-14(15(12)17-19)18-23(20,21)13-5-3-7-16-10-13/h3,5,7,10-11,14,18H,2,4,6,8-9H2,1H3/t14-/m1/s1. The molecule has 124 valence electrons. The molecule has 1 aliphatic rings. The molecule has 0 bridgehead atoms. The number of pyridine rings is 1. The molecule has 7 nitrogen and oxygen atoms in total. The minimum absolute atomic E-state index is 0.172. The van der Waals surface area contributed by atoms with Crippen molar-refractivity contribution in [3.05, 3.63) is 42.0 Å². The molecule has 0 fully saturated rings. The molecule has 2 aromatic rings. The summed E-state index contributed by atoms with van der Waals surface area (Å²) in [5, 5.41) is 4.54. The first kappa shape index (κ1) is 16.1. The largest absolute Gasteiger partial charge is 0.383 e. The van der Waals surface area contributed by atoms with E-state index in [-0.39, 0.29) is 10.9 Å². The van der Waals surface area contributed by atoms with E-state index in [1.54, 1.807) is 19.4 Å². The van der Waals surface area contributed by atoms with E-state index in [4.69, 9.17) is 4.74 Å². The lowest BCUT2D eigenvalue weighted by molar-refractivity contribution is 0.183. The number of hydrogen-bond acceptors (Lipinski definition) is 5. The molecule has 1 atom stereocenters. The number of ether oxygens (including phenoxy) is 1. The molecule has 0 saturated heterocycles. The first-order valence-corrected chi connectivity index (χ1v) is 9.06. The SMILES string of the molecule is COCCn1cc2c(n1)[C@H](NS(=O)(=O)c1cccnc1)CCC2. The fourth-order valence-electron chi connectivity index (χ4n) is 2.77. The molecular weight excluding hydrogens is 316 g/mol. The van der Waals surface area contributed by atoms with E-state index in [0.717, 1.165) is 30.5 Å². The van der Waals surface area contributed by atoms with Crippen LogP contribution in [-0.4, -0.2) is 36.9 Å². The van der Waals surface area contributed by atoms with Gasteiger partial charge in [0.2, 0.25) is 10.0 Å². The van der Waals surface area contributed by atoms with Gasteiger partial charge in [-0.05, 0) is 37.0 Å². The smallest absolute Gasteiger partial charge is 0.242 e. The van der Waals surface area contributed by atoms with Crippen molar-refractivity contribution in [3.8, 4) is 0 Å². The molecule has 0 amide bonds. The first-order valence-electron chi connectivity index (χ1n) is 7.57. The molecular formula is C15H20N4O3S. The summed E-state index contributed by atoms with van der Waals surface area (Å²) in [6.07, 6.45) is 7.49. The highest BCUT2D eigenvalue weighted by Gasteiger charge is 2.28. The molecule has 0 aliphatic heterocycles. The highest BCUT2D eigenvalue weighted by Crippen LogP contribution is 2.29. The van der Waals surface area contributed by atoms with E-state index in [1.165, 1.54) is 12.3 Å². The van der Waals surface area contributed by atoms with Gasteiger partial charge in [-0.25, -0.2) is 13.1 Å². The molecule has 0 saturated carbocycles. The fourth-order valence-corrected chi connectivity index (χ4v) is 3.97. The number of methoxy groups -OCH3 is 1. The zero-order chi connectivity index (χ0) is 16.3. The third kappa shape index (κ3) is 3.60. The topological polar surface area (TPSA) is 86.1 Å². The van der Waals surface area contributed by atoms with Gasteiger partial charge in [0.05, 0.1) is 24.9 Å². The average Bonchev–Trinajstić information content (AvgIpc) is 2.98. The van der Waals surface area contributed by atoms with E-state index in [0.29, 0.717) is 13.2 Å². The molecule has 2 heterocycles. The molecule has 23 heavy (non-hydrogen) atoms. The fraction of sp³-hybridized carbons (Fsp3) is 0.467. The van der Waals surface area contributed by atoms with Crippen molar-refractivity contribution < 1.29 is 13.2 Å². The Hall–Kier alpha value is -1.77. The lowest BCUT2D eigenvalue weighted by Crippen LogP contribution is -2.31. The van der Waals surface area contributed by atoms with Gasteiger partial charge in [0, 0.05) is 25.7 Å². The van der Waals surface area contributed by atoms with E-state index >= 15 is 0 Å². The van der Waals surface area contributed by atoms with Crippen LogP contribution in [0.1, 0.15) is 30.1 Å². The van der Waals surface area contributed by atoms with Crippen molar-refractivity contribution in [2.24, 2.45) is 0 Å². The highest BCUT2D eigenvalue weighted by molar-refractivity contribution is 7.89. The minimum Gasteiger partial charge on any atom is -0.383 e. The third-order valence-electron chi connectivity index (χ3n) is 3.91. The Kier molecular flexibility index (Phi) is 4.74. The molecule has 8 heteroatoms. The normalized spacial score (nSPS) is 17.9. The van der Waals surface area contributed by atoms with Gasteiger partial charge in [-0.3, -0.25) is 9.67 Å². The van der Waals surface area contributed by atoms with Crippen LogP contribution in [0.25, 0.3) is 0 Å². The summed E-state index contributed by atoms with van der Waals surface area (Å²) < 4.78 is 34.6. The maximum absolute atomic E-state index is 12.5. The van der Waals surface area contributed by atoms with Crippen molar-refractivity contribution >= 4 is 10.0 Å². The van der Waals surface area contributed by atoms with Gasteiger partial charge in [0.1, 0.15) is 4.90 Å². The maximum Gasteiger partial charge on any atom is 0.242 e. The van der Waals surface area contributed by atoms with Crippen LogP contribution in [0.4, 0.5) is 0 Å². The molecule has 1 N–H and O–H groups in total. The average molecular weight is 336 g/mol. The number of rotatable bonds is 6. The van der Waals surface area contributed by atoms with E-state index in [1.807, 2.05) is 10.9 Å². The predicted octanol–water partition coefficient (Wildman–Crippen LogP) is 1.28. The lowest BCUT2D eigenvalue weighted by Gasteiger charge is -2.22. The first-order chi connectivity index (χ1) is 11.1. The van der Waals surface area contributed by atoms with Crippen LogP contribution in [0.15, 0.2) is 35.6 Å².